The first-order chi connectivity index (χ1) is 8.56. The first-order valence-corrected chi connectivity index (χ1v) is 4.89. The van der Waals surface area contributed by atoms with E-state index in [0.29, 0.717) is 0 Å². The maximum Gasteiger partial charge on any atom is 0.335 e. The first-order valence-electron chi connectivity index (χ1n) is 4.89. The normalized spacial score (nSPS) is 10.0. The van der Waals surface area contributed by atoms with Gasteiger partial charge in [-0.15, -0.1) is 0 Å². The Labute approximate surface area is 99.7 Å². The minimum atomic E-state index is -1.10. The van der Waals surface area contributed by atoms with Crippen LogP contribution in [0.3, 0.4) is 0 Å². The summed E-state index contributed by atoms with van der Waals surface area (Å²) in [5.41, 5.74) is -1.31. The summed E-state index contributed by atoms with van der Waals surface area (Å²) in [4.78, 5) is 37.1. The number of carbonyl (C=O) groups is 1. The predicted octanol–water partition coefficient (Wildman–Crippen LogP) is 0.554. The zero-order valence-electron chi connectivity index (χ0n) is 8.97. The topological polar surface area (TPSA) is 112 Å². The summed E-state index contributed by atoms with van der Waals surface area (Å²) in [5, 5.41) is 8.80. The minimum Gasteiger partial charge on any atom is -0.478 e. The van der Waals surface area contributed by atoms with E-state index < -0.39 is 17.2 Å². The Morgan fingerprint density at radius 3 is 2.72 bits per heavy atom. The van der Waals surface area contributed by atoms with E-state index in [9.17, 15) is 14.4 Å². The number of hydrogen-bond donors (Lipinski definition) is 3. The molecule has 0 bridgehead atoms. The van der Waals surface area contributed by atoms with Crippen LogP contribution in [0, 0.1) is 0 Å². The van der Waals surface area contributed by atoms with Crippen LogP contribution in [-0.4, -0.2) is 21.0 Å². The molecule has 0 saturated heterocycles. The van der Waals surface area contributed by atoms with Crippen molar-refractivity contribution < 1.29 is 14.6 Å². The molecule has 0 aliphatic carbocycles. The molecule has 0 saturated carbocycles. The van der Waals surface area contributed by atoms with Crippen LogP contribution >= 0.6 is 0 Å². The highest BCUT2D eigenvalue weighted by Gasteiger charge is 2.06. The second-order valence-electron chi connectivity index (χ2n) is 3.37. The minimum absolute atomic E-state index is 0.0355. The highest BCUT2D eigenvalue weighted by Crippen LogP contribution is 2.18. The van der Waals surface area contributed by atoms with Gasteiger partial charge in [-0.25, -0.2) is 9.59 Å². The molecule has 0 atom stereocenters. The third-order valence-corrected chi connectivity index (χ3v) is 2.09. The van der Waals surface area contributed by atoms with E-state index in [1.165, 1.54) is 24.3 Å². The lowest BCUT2D eigenvalue weighted by Gasteiger charge is -2.04. The summed E-state index contributed by atoms with van der Waals surface area (Å²) < 4.78 is 5.18. The van der Waals surface area contributed by atoms with Gasteiger partial charge < -0.3 is 14.8 Å². The van der Waals surface area contributed by atoms with Crippen LogP contribution < -0.4 is 16.0 Å². The fourth-order valence-electron chi connectivity index (χ4n) is 1.29. The molecular weight excluding hydrogens is 240 g/mol. The molecule has 0 aliphatic heterocycles. The lowest BCUT2D eigenvalue weighted by molar-refractivity contribution is 0.0696. The molecule has 0 fully saturated rings. The van der Waals surface area contributed by atoms with Gasteiger partial charge in [0.1, 0.15) is 5.75 Å². The van der Waals surface area contributed by atoms with E-state index >= 15 is 0 Å². The highest BCUT2D eigenvalue weighted by molar-refractivity contribution is 5.88. The molecule has 0 radical (unpaired) electrons. The monoisotopic (exact) mass is 248 g/mol. The van der Waals surface area contributed by atoms with Gasteiger partial charge >= 0.3 is 11.7 Å². The van der Waals surface area contributed by atoms with Gasteiger partial charge in [0, 0.05) is 0 Å². The first kappa shape index (κ1) is 11.6. The highest BCUT2D eigenvalue weighted by atomic mass is 16.5. The summed E-state index contributed by atoms with van der Waals surface area (Å²) in [7, 11) is 0. The summed E-state index contributed by atoms with van der Waals surface area (Å²) in [6, 6.07) is 5.65. The van der Waals surface area contributed by atoms with Gasteiger partial charge in [-0.05, 0) is 18.2 Å². The Bertz CT molecular complexity index is 701. The third kappa shape index (κ3) is 2.46. The van der Waals surface area contributed by atoms with Crippen molar-refractivity contribution >= 4 is 5.97 Å². The number of aromatic carboxylic acids is 1. The third-order valence-electron chi connectivity index (χ3n) is 2.09. The van der Waals surface area contributed by atoms with Crippen LogP contribution in [0.5, 0.6) is 11.5 Å². The maximum atomic E-state index is 11.3. The number of carboxylic acids is 1. The van der Waals surface area contributed by atoms with Crippen LogP contribution in [0.4, 0.5) is 0 Å². The maximum absolute atomic E-state index is 11.3. The van der Waals surface area contributed by atoms with E-state index in [-0.39, 0.29) is 17.1 Å². The quantitative estimate of drug-likeness (QED) is 0.734. The molecule has 1 heterocycles. The summed E-state index contributed by atoms with van der Waals surface area (Å²) >= 11 is 0. The number of rotatable bonds is 3. The predicted molar refractivity (Wildman–Crippen MR) is 61.2 cm³/mol. The Morgan fingerprint density at radius 2 is 2.06 bits per heavy atom. The second kappa shape index (κ2) is 4.58. The molecule has 0 spiro atoms. The molecule has 1 aromatic heterocycles. The van der Waals surface area contributed by atoms with Gasteiger partial charge in [-0.1, -0.05) is 6.07 Å². The number of nitrogens with one attached hydrogen (secondary N) is 2. The van der Waals surface area contributed by atoms with E-state index in [2.05, 4.69) is 4.98 Å². The van der Waals surface area contributed by atoms with Crippen LogP contribution in [0.1, 0.15) is 10.4 Å². The van der Waals surface area contributed by atoms with E-state index in [1.807, 2.05) is 4.98 Å². The average Bonchev–Trinajstić information content (AvgIpc) is 2.33. The van der Waals surface area contributed by atoms with Crippen molar-refractivity contribution in [1.82, 2.24) is 9.97 Å². The number of benzene rings is 1. The summed E-state index contributed by atoms with van der Waals surface area (Å²) in [6.07, 6.45) is 1.11. The Morgan fingerprint density at radius 1 is 1.28 bits per heavy atom. The van der Waals surface area contributed by atoms with Crippen molar-refractivity contribution in [2.24, 2.45) is 0 Å². The Balaban J connectivity index is 2.34. The molecule has 0 amide bonds. The average molecular weight is 248 g/mol. The molecule has 0 unspecified atom stereocenters. The fraction of sp³-hybridized carbons (Fsp3) is 0. The number of aromatic amines is 2. The molecule has 2 aromatic rings. The van der Waals surface area contributed by atoms with Crippen LogP contribution in [0.2, 0.25) is 0 Å². The number of ether oxygens (including phenoxy) is 1. The molecule has 7 nitrogen and oxygen atoms in total. The Kier molecular flexibility index (Phi) is 2.96. The molecule has 3 N–H and O–H groups in total. The van der Waals surface area contributed by atoms with Crippen molar-refractivity contribution in [3.8, 4) is 11.5 Å². The zero-order valence-corrected chi connectivity index (χ0v) is 8.97. The standard InChI is InChI=1S/C11H8N2O5/c14-9-8(5-12-11(17)13-9)18-7-3-1-2-6(4-7)10(15)16/h1-5H,(H,15,16)(H2,12,13,14,17). The van der Waals surface area contributed by atoms with Crippen molar-refractivity contribution in [2.45, 2.75) is 0 Å². The lowest BCUT2D eigenvalue weighted by atomic mass is 10.2. The SMILES string of the molecule is O=C(O)c1cccc(Oc2c[nH]c(=O)[nH]c2=O)c1. The molecule has 18 heavy (non-hydrogen) atoms. The second-order valence-corrected chi connectivity index (χ2v) is 3.37. The van der Waals surface area contributed by atoms with Gasteiger partial charge in [0.15, 0.2) is 0 Å². The summed E-state index contributed by atoms with van der Waals surface area (Å²) in [6.45, 7) is 0. The van der Waals surface area contributed by atoms with Gasteiger partial charge in [-0.3, -0.25) is 9.78 Å². The van der Waals surface area contributed by atoms with Crippen LogP contribution in [0.25, 0.3) is 0 Å². The molecule has 92 valence electrons. The number of hydrogen-bond acceptors (Lipinski definition) is 4. The fourth-order valence-corrected chi connectivity index (χ4v) is 1.29. The molecule has 2 rings (SSSR count). The molecule has 1 aromatic carbocycles. The van der Waals surface area contributed by atoms with Crippen LogP contribution in [-0.2, 0) is 0 Å². The van der Waals surface area contributed by atoms with Crippen molar-refractivity contribution in [2.75, 3.05) is 0 Å². The van der Waals surface area contributed by atoms with Gasteiger partial charge in [0.2, 0.25) is 5.75 Å². The number of carboxylic acid groups (broad SMARTS) is 1. The molecular formula is C11H8N2O5. The largest absolute Gasteiger partial charge is 0.478 e. The van der Waals surface area contributed by atoms with Crippen molar-refractivity contribution in [3.05, 3.63) is 56.9 Å². The number of H-pyrrole nitrogens is 2. The van der Waals surface area contributed by atoms with E-state index in [4.69, 9.17) is 9.84 Å². The van der Waals surface area contributed by atoms with Gasteiger partial charge in [-0.2, -0.15) is 0 Å². The van der Waals surface area contributed by atoms with E-state index in [0.717, 1.165) is 6.20 Å². The molecule has 0 aliphatic rings. The van der Waals surface area contributed by atoms with E-state index in [1.54, 1.807) is 0 Å². The van der Waals surface area contributed by atoms with Gasteiger partial charge in [0.05, 0.1) is 11.8 Å². The lowest BCUT2D eigenvalue weighted by Crippen LogP contribution is -2.21. The van der Waals surface area contributed by atoms with Gasteiger partial charge in [0.25, 0.3) is 5.56 Å². The Hall–Kier alpha value is -2.83. The van der Waals surface area contributed by atoms with Crippen molar-refractivity contribution in [3.63, 3.8) is 0 Å². The number of aromatic nitrogens is 2. The zero-order chi connectivity index (χ0) is 13.1. The summed E-state index contributed by atoms with van der Waals surface area (Å²) in [5.74, 6) is -1.04. The van der Waals surface area contributed by atoms with Crippen molar-refractivity contribution in [1.29, 1.82) is 0 Å². The van der Waals surface area contributed by atoms with Crippen LogP contribution in [0.15, 0.2) is 40.1 Å². The molecule has 7 heteroatoms. The smallest absolute Gasteiger partial charge is 0.335 e.